The van der Waals surface area contributed by atoms with Gasteiger partial charge in [0.05, 0.1) is 30.3 Å². The Morgan fingerprint density at radius 1 is 1.07 bits per heavy atom. The molecule has 1 saturated heterocycles. The number of halogens is 1. The molecule has 6 nitrogen and oxygen atoms in total. The molecule has 2 fully saturated rings. The minimum absolute atomic E-state index is 0.142. The second-order valence-electron chi connectivity index (χ2n) is 7.86. The van der Waals surface area contributed by atoms with E-state index in [1.54, 1.807) is 42.5 Å². The lowest BCUT2D eigenvalue weighted by Gasteiger charge is -2.18. The summed E-state index contributed by atoms with van der Waals surface area (Å²) in [6.45, 7) is 0. The van der Waals surface area contributed by atoms with Crippen LogP contribution >= 0.6 is 11.6 Å². The first-order valence-electron chi connectivity index (χ1n) is 9.79. The monoisotopic (exact) mass is 422 g/mol. The lowest BCUT2D eigenvalue weighted by atomic mass is 9.85. The highest BCUT2D eigenvalue weighted by Gasteiger charge is 2.59. The molecule has 0 aromatic heterocycles. The lowest BCUT2D eigenvalue weighted by molar-refractivity contribution is -0.123. The van der Waals surface area contributed by atoms with E-state index in [0.29, 0.717) is 27.7 Å². The van der Waals surface area contributed by atoms with E-state index in [-0.39, 0.29) is 35.5 Å². The number of hydrogen-bond donors (Lipinski definition) is 1. The number of carbonyl (C=O) groups excluding carboxylic acids is 3. The molecule has 152 valence electrons. The number of nitrogens with zero attached hydrogens (tertiary/aromatic N) is 1. The predicted molar refractivity (Wildman–Crippen MR) is 113 cm³/mol. The summed E-state index contributed by atoms with van der Waals surface area (Å²) < 4.78 is 5.26. The number of hydrogen-bond acceptors (Lipinski definition) is 4. The van der Waals surface area contributed by atoms with E-state index in [0.717, 1.165) is 6.42 Å². The number of ether oxygens (including phenoxy) is 1. The molecule has 3 aliphatic rings. The van der Waals surface area contributed by atoms with Crippen molar-refractivity contribution in [2.24, 2.45) is 23.7 Å². The molecule has 1 N–H and O–H groups in total. The number of amides is 3. The third-order valence-electron chi connectivity index (χ3n) is 6.25. The molecule has 4 atom stereocenters. The van der Waals surface area contributed by atoms with E-state index in [1.807, 2.05) is 0 Å². The van der Waals surface area contributed by atoms with E-state index in [4.69, 9.17) is 16.3 Å². The molecule has 0 spiro atoms. The van der Waals surface area contributed by atoms with Gasteiger partial charge in [0.15, 0.2) is 0 Å². The van der Waals surface area contributed by atoms with Gasteiger partial charge in [-0.25, -0.2) is 4.90 Å². The van der Waals surface area contributed by atoms with Crippen LogP contribution in [-0.4, -0.2) is 24.8 Å². The quantitative estimate of drug-likeness (QED) is 0.598. The molecule has 30 heavy (non-hydrogen) atoms. The number of imide groups is 1. The number of nitrogens with one attached hydrogen (secondary N) is 1. The topological polar surface area (TPSA) is 75.7 Å². The van der Waals surface area contributed by atoms with Gasteiger partial charge in [-0.3, -0.25) is 14.4 Å². The molecule has 2 aromatic rings. The van der Waals surface area contributed by atoms with Crippen molar-refractivity contribution in [1.29, 1.82) is 0 Å². The fraction of sp³-hybridized carbons (Fsp3) is 0.261. The molecule has 1 aliphatic heterocycles. The Hall–Kier alpha value is -3.12. The first-order chi connectivity index (χ1) is 14.5. The Labute approximate surface area is 178 Å². The molecular weight excluding hydrogens is 404 g/mol. The Bertz CT molecular complexity index is 1080. The molecule has 7 heteroatoms. The molecule has 2 bridgehead atoms. The normalized spacial score (nSPS) is 26.3. The number of benzene rings is 2. The minimum Gasteiger partial charge on any atom is -0.495 e. The summed E-state index contributed by atoms with van der Waals surface area (Å²) in [6, 6.07) is 11.5. The van der Waals surface area contributed by atoms with Crippen molar-refractivity contribution in [2.45, 2.75) is 6.42 Å². The molecule has 2 aromatic carbocycles. The minimum atomic E-state index is -0.390. The van der Waals surface area contributed by atoms with Gasteiger partial charge in [0, 0.05) is 10.6 Å². The maximum atomic E-state index is 13.0. The van der Waals surface area contributed by atoms with Crippen LogP contribution in [0.1, 0.15) is 16.8 Å². The first-order valence-corrected chi connectivity index (χ1v) is 10.2. The summed E-state index contributed by atoms with van der Waals surface area (Å²) in [5.74, 6) is -0.525. The van der Waals surface area contributed by atoms with Crippen molar-refractivity contribution in [1.82, 2.24) is 0 Å². The average molecular weight is 423 g/mol. The van der Waals surface area contributed by atoms with Gasteiger partial charge in [-0.1, -0.05) is 29.8 Å². The highest BCUT2D eigenvalue weighted by Crippen LogP contribution is 2.53. The zero-order valence-corrected chi connectivity index (χ0v) is 16.9. The van der Waals surface area contributed by atoms with Crippen molar-refractivity contribution in [3.63, 3.8) is 0 Å². The Morgan fingerprint density at radius 2 is 1.77 bits per heavy atom. The van der Waals surface area contributed by atoms with Gasteiger partial charge in [-0.15, -0.1) is 0 Å². The lowest BCUT2D eigenvalue weighted by Crippen LogP contribution is -2.33. The van der Waals surface area contributed by atoms with E-state index >= 15 is 0 Å². The maximum absolute atomic E-state index is 13.0. The van der Waals surface area contributed by atoms with Crippen LogP contribution < -0.4 is 15.0 Å². The zero-order valence-electron chi connectivity index (χ0n) is 16.2. The second-order valence-corrected chi connectivity index (χ2v) is 8.30. The predicted octanol–water partition coefficient (Wildman–Crippen LogP) is 3.91. The zero-order chi connectivity index (χ0) is 21.0. The van der Waals surface area contributed by atoms with Crippen LogP contribution in [-0.2, 0) is 9.59 Å². The largest absolute Gasteiger partial charge is 0.495 e. The first kappa shape index (κ1) is 18.9. The summed E-state index contributed by atoms with van der Waals surface area (Å²) in [6.07, 6.45) is 5.00. The van der Waals surface area contributed by atoms with Crippen molar-refractivity contribution in [3.8, 4) is 5.75 Å². The van der Waals surface area contributed by atoms with Crippen LogP contribution in [0.5, 0.6) is 5.75 Å². The van der Waals surface area contributed by atoms with Crippen molar-refractivity contribution >= 4 is 40.7 Å². The van der Waals surface area contributed by atoms with Crippen LogP contribution in [0, 0.1) is 23.7 Å². The van der Waals surface area contributed by atoms with E-state index in [9.17, 15) is 14.4 Å². The summed E-state index contributed by atoms with van der Waals surface area (Å²) in [4.78, 5) is 40.1. The van der Waals surface area contributed by atoms with Crippen molar-refractivity contribution < 1.29 is 19.1 Å². The smallest absolute Gasteiger partial charge is 0.255 e. The highest BCUT2D eigenvalue weighted by molar-refractivity contribution is 6.31. The van der Waals surface area contributed by atoms with Crippen molar-refractivity contribution in [2.75, 3.05) is 17.3 Å². The number of anilines is 2. The summed E-state index contributed by atoms with van der Waals surface area (Å²) in [7, 11) is 1.50. The van der Waals surface area contributed by atoms with Gasteiger partial charge < -0.3 is 10.1 Å². The molecule has 0 radical (unpaired) electrons. The maximum Gasteiger partial charge on any atom is 0.255 e. The standard InChI is InChI=1S/C23H19ClN2O4/c1-30-18-8-7-15(24)11-17(18)25-21(27)14-3-2-4-16(10-14)26-22(28)19-12-5-6-13(9-12)20(19)23(26)29/h2-8,10-13,19-20H,9H2,1H3,(H,25,27). The van der Waals surface area contributed by atoms with Gasteiger partial charge in [-0.05, 0) is 54.7 Å². The Morgan fingerprint density at radius 3 is 2.43 bits per heavy atom. The van der Waals surface area contributed by atoms with E-state index in [2.05, 4.69) is 17.5 Å². The molecular formula is C23H19ClN2O4. The second kappa shape index (κ2) is 6.99. The van der Waals surface area contributed by atoms with Crippen LogP contribution in [0.15, 0.2) is 54.6 Å². The third kappa shape index (κ3) is 2.82. The molecule has 4 unspecified atom stereocenters. The molecule has 2 aliphatic carbocycles. The summed E-state index contributed by atoms with van der Waals surface area (Å²) in [5.41, 5.74) is 1.18. The highest BCUT2D eigenvalue weighted by atomic mass is 35.5. The average Bonchev–Trinajstić information content (AvgIpc) is 3.42. The number of methoxy groups -OCH3 is 1. The van der Waals surface area contributed by atoms with Gasteiger partial charge in [0.2, 0.25) is 11.8 Å². The van der Waals surface area contributed by atoms with Gasteiger partial charge in [-0.2, -0.15) is 0 Å². The molecule has 5 rings (SSSR count). The van der Waals surface area contributed by atoms with E-state index < -0.39 is 5.91 Å². The molecule has 1 saturated carbocycles. The number of rotatable bonds is 4. The SMILES string of the molecule is COc1ccc(Cl)cc1NC(=O)c1cccc(N2C(=O)C3C4C=CC(C4)C3C2=O)c1. The molecule has 3 amide bonds. The van der Waals surface area contributed by atoms with Gasteiger partial charge in [0.1, 0.15) is 5.75 Å². The molecule has 1 heterocycles. The Kier molecular flexibility index (Phi) is 4.40. The number of fused-ring (bicyclic) bond motifs is 5. The van der Waals surface area contributed by atoms with Crippen molar-refractivity contribution in [3.05, 3.63) is 65.2 Å². The number of carbonyl (C=O) groups is 3. The third-order valence-corrected chi connectivity index (χ3v) is 6.48. The summed E-state index contributed by atoms with van der Waals surface area (Å²) >= 11 is 6.03. The van der Waals surface area contributed by atoms with E-state index in [1.165, 1.54) is 12.0 Å². The summed E-state index contributed by atoms with van der Waals surface area (Å²) in [5, 5.41) is 3.24. The van der Waals surface area contributed by atoms with Crippen LogP contribution in [0.25, 0.3) is 0 Å². The fourth-order valence-electron chi connectivity index (χ4n) is 4.92. The van der Waals surface area contributed by atoms with Gasteiger partial charge in [0.25, 0.3) is 5.91 Å². The Balaban J connectivity index is 1.41. The number of allylic oxidation sites excluding steroid dienone is 2. The van der Waals surface area contributed by atoms with Gasteiger partial charge >= 0.3 is 0 Å². The fourth-order valence-corrected chi connectivity index (χ4v) is 5.09. The van der Waals surface area contributed by atoms with Crippen LogP contribution in [0.2, 0.25) is 5.02 Å². The van der Waals surface area contributed by atoms with Crippen LogP contribution in [0.4, 0.5) is 11.4 Å². The van der Waals surface area contributed by atoms with Crippen LogP contribution in [0.3, 0.4) is 0 Å².